The summed E-state index contributed by atoms with van der Waals surface area (Å²) in [7, 11) is 0. The van der Waals surface area contributed by atoms with E-state index < -0.39 is 6.10 Å². The maximum Gasteiger partial charge on any atom is 0.306 e. The third kappa shape index (κ3) is 54.6. The third-order valence-electron chi connectivity index (χ3n) is 13.4. The molecule has 0 aliphatic heterocycles. The fourth-order valence-electron chi connectivity index (χ4n) is 8.82. The van der Waals surface area contributed by atoms with E-state index in [1.807, 2.05) is 0 Å². The topological polar surface area (TPSA) is 78.9 Å². The molecule has 398 valence electrons. The Labute approximate surface area is 423 Å². The van der Waals surface area contributed by atoms with E-state index >= 15 is 0 Å². The van der Waals surface area contributed by atoms with Crippen molar-refractivity contribution in [3.63, 3.8) is 0 Å². The van der Waals surface area contributed by atoms with Gasteiger partial charge in [-0.2, -0.15) is 0 Å². The molecule has 6 heteroatoms. The highest BCUT2D eigenvalue weighted by Gasteiger charge is 2.19. The van der Waals surface area contributed by atoms with Gasteiger partial charge in [-0.3, -0.25) is 14.4 Å². The first-order chi connectivity index (χ1) is 33.5. The molecule has 0 aliphatic carbocycles. The zero-order chi connectivity index (χ0) is 49.3. The number of carbonyl (C=O) groups excluding carboxylic acids is 3. The second-order valence-corrected chi connectivity index (χ2v) is 20.3. The van der Waals surface area contributed by atoms with Crippen molar-refractivity contribution >= 4 is 17.9 Å². The van der Waals surface area contributed by atoms with Gasteiger partial charge >= 0.3 is 17.9 Å². The van der Waals surface area contributed by atoms with Crippen LogP contribution in [0.1, 0.15) is 323 Å². The van der Waals surface area contributed by atoms with E-state index in [0.29, 0.717) is 19.3 Å². The summed E-state index contributed by atoms with van der Waals surface area (Å²) in [6.07, 6.45) is 69.0. The molecule has 0 heterocycles. The van der Waals surface area contributed by atoms with Crippen molar-refractivity contribution < 1.29 is 28.6 Å². The van der Waals surface area contributed by atoms with Gasteiger partial charge in [0.05, 0.1) is 0 Å². The molecule has 1 atom stereocenters. The van der Waals surface area contributed by atoms with Gasteiger partial charge in [0.1, 0.15) is 13.2 Å². The number of rotatable bonds is 55. The van der Waals surface area contributed by atoms with Gasteiger partial charge in [0.25, 0.3) is 0 Å². The summed E-state index contributed by atoms with van der Waals surface area (Å²) in [6.45, 7) is 6.59. The monoisotopic (exact) mass is 955 g/mol. The molecule has 0 fully saturated rings. The van der Waals surface area contributed by atoms with Crippen LogP contribution in [0.3, 0.4) is 0 Å². The average molecular weight is 956 g/mol. The number of hydrogen-bond donors (Lipinski definition) is 0. The molecule has 6 nitrogen and oxygen atoms in total. The van der Waals surface area contributed by atoms with Crippen molar-refractivity contribution in [2.24, 2.45) is 0 Å². The highest BCUT2D eigenvalue weighted by Crippen LogP contribution is 2.17. The van der Waals surface area contributed by atoms with Gasteiger partial charge in [0.2, 0.25) is 0 Å². The molecule has 0 amide bonds. The maximum atomic E-state index is 12.8. The van der Waals surface area contributed by atoms with Crippen LogP contribution in [0.2, 0.25) is 0 Å². The molecule has 0 N–H and O–H groups in total. The van der Waals surface area contributed by atoms with Gasteiger partial charge in [-0.25, -0.2) is 0 Å². The number of carbonyl (C=O) groups is 3. The minimum atomic E-state index is -0.770. The molecule has 0 saturated carbocycles. The molecule has 0 aromatic rings. The van der Waals surface area contributed by atoms with Gasteiger partial charge < -0.3 is 14.2 Å². The fraction of sp³-hybridized carbons (Fsp3) is 0.855. The van der Waals surface area contributed by atoms with Gasteiger partial charge in [-0.05, 0) is 77.0 Å². The molecule has 68 heavy (non-hydrogen) atoms. The highest BCUT2D eigenvalue weighted by atomic mass is 16.6. The van der Waals surface area contributed by atoms with E-state index in [1.165, 1.54) is 212 Å². The molecule has 0 aliphatic rings. The van der Waals surface area contributed by atoms with Gasteiger partial charge in [-0.1, -0.05) is 263 Å². The zero-order valence-corrected chi connectivity index (χ0v) is 45.6. The lowest BCUT2D eigenvalue weighted by Crippen LogP contribution is -2.30. The van der Waals surface area contributed by atoms with Crippen LogP contribution in [0.5, 0.6) is 0 Å². The second kappa shape index (κ2) is 57.2. The Kier molecular flexibility index (Phi) is 55.2. The van der Waals surface area contributed by atoms with Crippen LogP contribution in [-0.2, 0) is 28.6 Å². The molecular formula is C62H114O6. The lowest BCUT2D eigenvalue weighted by atomic mass is 10.0. The van der Waals surface area contributed by atoms with Crippen LogP contribution in [0.15, 0.2) is 36.5 Å². The van der Waals surface area contributed by atoms with Crippen LogP contribution < -0.4 is 0 Å². The number of ether oxygens (including phenoxy) is 3. The molecule has 0 rings (SSSR count). The molecule has 1 unspecified atom stereocenters. The molecular weight excluding hydrogens is 841 g/mol. The maximum absolute atomic E-state index is 12.8. The smallest absolute Gasteiger partial charge is 0.306 e. The Bertz CT molecular complexity index is 1140. The van der Waals surface area contributed by atoms with Crippen LogP contribution in [0.4, 0.5) is 0 Å². The quantitative estimate of drug-likeness (QED) is 0.0262. The Balaban J connectivity index is 4.00. The molecule has 0 aromatic heterocycles. The number of hydrogen-bond acceptors (Lipinski definition) is 6. The largest absolute Gasteiger partial charge is 0.462 e. The number of unbranched alkanes of at least 4 members (excludes halogenated alkanes) is 38. The minimum absolute atomic E-state index is 0.0719. The van der Waals surface area contributed by atoms with E-state index in [0.717, 1.165) is 70.6 Å². The molecule has 0 saturated heterocycles. The molecule has 0 radical (unpaired) electrons. The Morgan fingerprint density at radius 1 is 0.294 bits per heavy atom. The first kappa shape index (κ1) is 65.6. The first-order valence-corrected chi connectivity index (χ1v) is 30.0. The van der Waals surface area contributed by atoms with E-state index in [4.69, 9.17) is 14.2 Å². The van der Waals surface area contributed by atoms with Crippen molar-refractivity contribution in [2.75, 3.05) is 13.2 Å². The van der Waals surface area contributed by atoms with Crippen molar-refractivity contribution in [1.29, 1.82) is 0 Å². The van der Waals surface area contributed by atoms with E-state index in [1.54, 1.807) is 0 Å². The highest BCUT2D eigenvalue weighted by molar-refractivity contribution is 5.71. The molecule has 0 bridgehead atoms. The van der Waals surface area contributed by atoms with Crippen molar-refractivity contribution in [2.45, 2.75) is 329 Å². The summed E-state index contributed by atoms with van der Waals surface area (Å²) in [5.41, 5.74) is 0. The van der Waals surface area contributed by atoms with Crippen LogP contribution in [0.25, 0.3) is 0 Å². The van der Waals surface area contributed by atoms with E-state index in [2.05, 4.69) is 57.2 Å². The van der Waals surface area contributed by atoms with Crippen LogP contribution >= 0.6 is 0 Å². The summed E-state index contributed by atoms with van der Waals surface area (Å²) in [6, 6.07) is 0. The molecule has 0 spiro atoms. The third-order valence-corrected chi connectivity index (χ3v) is 13.4. The fourth-order valence-corrected chi connectivity index (χ4v) is 8.82. The standard InChI is InChI=1S/C62H114O6/c1-4-7-10-13-16-18-20-22-24-25-26-27-28-29-30-31-32-33-34-35-36-37-39-40-42-44-46-49-52-55-61(64)67-58-59(57-66-60(63)54-51-48-15-12-9-6-3)68-62(65)56-53-50-47-45-43-41-38-23-21-19-17-14-11-8-5-2/h20,22-23,25-26,38,59H,4-19,21,24,27-37,39-58H2,1-3H3/b22-20-,26-25-,38-23-. The van der Waals surface area contributed by atoms with Crippen molar-refractivity contribution in [3.05, 3.63) is 36.5 Å². The predicted octanol–water partition coefficient (Wildman–Crippen LogP) is 20.0. The SMILES string of the molecule is CCCCCCC/C=C\C/C=C\CCCCCCCCCCCCCCCCCCCC(=O)OCC(COC(=O)CCCCCCCC)OC(=O)CCCCCCC/C=C\CCCCCCCC. The zero-order valence-electron chi connectivity index (χ0n) is 45.6. The normalized spacial score (nSPS) is 12.2. The predicted molar refractivity (Wildman–Crippen MR) is 293 cm³/mol. The van der Waals surface area contributed by atoms with Gasteiger partial charge in [-0.15, -0.1) is 0 Å². The van der Waals surface area contributed by atoms with Crippen LogP contribution in [-0.4, -0.2) is 37.2 Å². The van der Waals surface area contributed by atoms with Crippen molar-refractivity contribution in [1.82, 2.24) is 0 Å². The Morgan fingerprint density at radius 2 is 0.529 bits per heavy atom. The van der Waals surface area contributed by atoms with Gasteiger partial charge in [0, 0.05) is 19.3 Å². The number of esters is 3. The Morgan fingerprint density at radius 3 is 0.824 bits per heavy atom. The van der Waals surface area contributed by atoms with E-state index in [9.17, 15) is 14.4 Å². The lowest BCUT2D eigenvalue weighted by molar-refractivity contribution is -0.167. The average Bonchev–Trinajstić information content (AvgIpc) is 3.34. The van der Waals surface area contributed by atoms with E-state index in [-0.39, 0.29) is 31.1 Å². The Hall–Kier alpha value is -2.37. The summed E-state index contributed by atoms with van der Waals surface area (Å²) >= 11 is 0. The first-order valence-electron chi connectivity index (χ1n) is 30.0. The molecule has 0 aromatic carbocycles. The van der Waals surface area contributed by atoms with Crippen LogP contribution in [0, 0.1) is 0 Å². The summed E-state index contributed by atoms with van der Waals surface area (Å²) in [5, 5.41) is 0. The summed E-state index contributed by atoms with van der Waals surface area (Å²) in [5.74, 6) is -0.875. The minimum Gasteiger partial charge on any atom is -0.462 e. The second-order valence-electron chi connectivity index (χ2n) is 20.3. The number of allylic oxidation sites excluding steroid dienone is 6. The van der Waals surface area contributed by atoms with Crippen molar-refractivity contribution in [3.8, 4) is 0 Å². The summed E-state index contributed by atoms with van der Waals surface area (Å²) in [4.78, 5) is 37.9. The van der Waals surface area contributed by atoms with Gasteiger partial charge in [0.15, 0.2) is 6.10 Å². The lowest BCUT2D eigenvalue weighted by Gasteiger charge is -2.18. The summed E-state index contributed by atoms with van der Waals surface area (Å²) < 4.78 is 16.8.